The normalized spacial score (nSPS) is 16.7. The highest BCUT2D eigenvalue weighted by molar-refractivity contribution is 6.02. The summed E-state index contributed by atoms with van der Waals surface area (Å²) < 4.78 is 10.6. The molecule has 0 aromatic heterocycles. The number of benzene rings is 2. The van der Waals surface area contributed by atoms with Gasteiger partial charge in [-0.1, -0.05) is 36.4 Å². The van der Waals surface area contributed by atoms with Gasteiger partial charge in [-0.2, -0.15) is 0 Å². The van der Waals surface area contributed by atoms with Crippen LogP contribution in [-0.4, -0.2) is 31.1 Å². The fourth-order valence-electron chi connectivity index (χ4n) is 2.88. The van der Waals surface area contributed by atoms with Crippen molar-refractivity contribution in [2.75, 3.05) is 12.0 Å². The van der Waals surface area contributed by atoms with Gasteiger partial charge in [-0.05, 0) is 30.7 Å². The van der Waals surface area contributed by atoms with Gasteiger partial charge in [0.15, 0.2) is 6.10 Å². The molecule has 1 unspecified atom stereocenters. The zero-order valence-electron chi connectivity index (χ0n) is 13.6. The fraction of sp³-hybridized carbons (Fsp3) is 0.263. The molecule has 1 heterocycles. The van der Waals surface area contributed by atoms with E-state index in [9.17, 15) is 9.59 Å². The summed E-state index contributed by atoms with van der Waals surface area (Å²) in [6.07, 6.45) is -0.151. The lowest BCUT2D eigenvalue weighted by Gasteiger charge is -2.29. The van der Waals surface area contributed by atoms with Gasteiger partial charge in [0.05, 0.1) is 7.11 Å². The fourth-order valence-corrected chi connectivity index (χ4v) is 2.88. The molecule has 1 amide bonds. The molecule has 0 radical (unpaired) electrons. The molecule has 0 bridgehead atoms. The van der Waals surface area contributed by atoms with E-state index < -0.39 is 18.1 Å². The van der Waals surface area contributed by atoms with E-state index in [0.717, 1.165) is 11.3 Å². The Bertz CT molecular complexity index is 719. The second-order valence-electron chi connectivity index (χ2n) is 5.66. The number of carbonyl (C=O) groups is 2. The molecule has 0 saturated heterocycles. The number of rotatable bonds is 4. The summed E-state index contributed by atoms with van der Waals surface area (Å²) in [5, 5.41) is 0. The highest BCUT2D eigenvalue weighted by atomic mass is 16.5. The number of hydrogen-bond acceptors (Lipinski definition) is 4. The Kier molecular flexibility index (Phi) is 4.51. The molecule has 0 N–H and O–H groups in total. The summed E-state index contributed by atoms with van der Waals surface area (Å²) in [6.45, 7) is 1.65. The topological polar surface area (TPSA) is 55.8 Å². The van der Waals surface area contributed by atoms with Gasteiger partial charge < -0.3 is 9.47 Å². The molecule has 2 aromatic rings. The van der Waals surface area contributed by atoms with E-state index >= 15 is 0 Å². The van der Waals surface area contributed by atoms with E-state index in [1.54, 1.807) is 19.1 Å². The number of para-hydroxylation sites is 2. The van der Waals surface area contributed by atoms with Gasteiger partial charge in [0.1, 0.15) is 11.8 Å². The zero-order chi connectivity index (χ0) is 17.1. The molecule has 0 spiro atoms. The van der Waals surface area contributed by atoms with Crippen LogP contribution in [0.4, 0.5) is 5.69 Å². The Morgan fingerprint density at radius 2 is 1.79 bits per heavy atom. The van der Waals surface area contributed by atoms with Crippen molar-refractivity contribution in [2.45, 2.75) is 25.5 Å². The van der Waals surface area contributed by atoms with Crippen LogP contribution in [0.15, 0.2) is 54.6 Å². The molecule has 3 rings (SSSR count). The highest BCUT2D eigenvalue weighted by Crippen LogP contribution is 2.30. The first-order valence-electron chi connectivity index (χ1n) is 7.82. The van der Waals surface area contributed by atoms with Crippen LogP contribution >= 0.6 is 0 Å². The third-order valence-corrected chi connectivity index (χ3v) is 4.12. The standard InChI is InChI=1S/C19H19NO4/c1-13(19(22)23-2)20(15-9-4-3-5-10-15)18(21)17-12-14-8-6-7-11-16(14)24-17/h3-11,13,17H,12H2,1-2H3/t13-,17?/m0/s1. The van der Waals surface area contributed by atoms with Crippen molar-refractivity contribution < 1.29 is 19.1 Å². The lowest BCUT2D eigenvalue weighted by Crippen LogP contribution is -2.49. The second-order valence-corrected chi connectivity index (χ2v) is 5.66. The molecule has 5 heteroatoms. The number of nitrogens with zero attached hydrogens (tertiary/aromatic N) is 1. The molecular formula is C19H19NO4. The van der Waals surface area contributed by atoms with Crippen LogP contribution in [0, 0.1) is 0 Å². The molecule has 0 fully saturated rings. The monoisotopic (exact) mass is 325 g/mol. The van der Waals surface area contributed by atoms with Crippen LogP contribution in [0.2, 0.25) is 0 Å². The first-order valence-corrected chi connectivity index (χ1v) is 7.82. The molecule has 0 aliphatic carbocycles. The van der Waals surface area contributed by atoms with E-state index in [4.69, 9.17) is 9.47 Å². The maximum Gasteiger partial charge on any atom is 0.328 e. The summed E-state index contributed by atoms with van der Waals surface area (Å²) in [6, 6.07) is 15.9. The van der Waals surface area contributed by atoms with E-state index in [1.165, 1.54) is 12.0 Å². The van der Waals surface area contributed by atoms with Crippen molar-refractivity contribution >= 4 is 17.6 Å². The Balaban J connectivity index is 1.89. The quantitative estimate of drug-likeness (QED) is 0.811. The van der Waals surface area contributed by atoms with Crippen LogP contribution in [0.25, 0.3) is 0 Å². The number of fused-ring (bicyclic) bond motifs is 1. The highest BCUT2D eigenvalue weighted by Gasteiger charge is 2.37. The van der Waals surface area contributed by atoms with E-state index in [2.05, 4.69) is 0 Å². The average molecular weight is 325 g/mol. The van der Waals surface area contributed by atoms with Crippen molar-refractivity contribution in [1.82, 2.24) is 0 Å². The third kappa shape index (κ3) is 2.97. The molecule has 1 aliphatic heterocycles. The van der Waals surface area contributed by atoms with Crippen LogP contribution in [0.1, 0.15) is 12.5 Å². The predicted octanol–water partition coefficient (Wildman–Crippen LogP) is 2.58. The first-order chi connectivity index (χ1) is 11.6. The smallest absolute Gasteiger partial charge is 0.328 e. The number of esters is 1. The summed E-state index contributed by atoms with van der Waals surface area (Å²) in [5.41, 5.74) is 1.63. The Hall–Kier alpha value is -2.82. The van der Waals surface area contributed by atoms with Gasteiger partial charge in [-0.25, -0.2) is 4.79 Å². The zero-order valence-corrected chi connectivity index (χ0v) is 13.6. The van der Waals surface area contributed by atoms with E-state index in [0.29, 0.717) is 12.1 Å². The van der Waals surface area contributed by atoms with Crippen LogP contribution in [-0.2, 0) is 20.7 Å². The number of carbonyl (C=O) groups excluding carboxylic acids is 2. The Morgan fingerprint density at radius 1 is 1.12 bits per heavy atom. The molecule has 2 aromatic carbocycles. The van der Waals surface area contributed by atoms with Crippen molar-refractivity contribution in [3.63, 3.8) is 0 Å². The van der Waals surface area contributed by atoms with Gasteiger partial charge in [-0.3, -0.25) is 9.69 Å². The Labute approximate surface area is 140 Å². The number of anilines is 1. The minimum absolute atomic E-state index is 0.254. The molecule has 5 nitrogen and oxygen atoms in total. The SMILES string of the molecule is COC(=O)[C@H](C)N(C(=O)C1Cc2ccccc2O1)c1ccccc1. The van der Waals surface area contributed by atoms with Gasteiger partial charge in [0.25, 0.3) is 5.91 Å². The number of ether oxygens (including phenoxy) is 2. The van der Waals surface area contributed by atoms with Crippen molar-refractivity contribution in [3.8, 4) is 5.75 Å². The number of amides is 1. The van der Waals surface area contributed by atoms with E-state index in [-0.39, 0.29) is 5.91 Å². The predicted molar refractivity (Wildman–Crippen MR) is 90.0 cm³/mol. The third-order valence-electron chi connectivity index (χ3n) is 4.12. The number of methoxy groups -OCH3 is 1. The summed E-state index contributed by atoms with van der Waals surface area (Å²) in [7, 11) is 1.31. The average Bonchev–Trinajstić information content (AvgIpc) is 3.06. The molecular weight excluding hydrogens is 306 g/mol. The first kappa shape index (κ1) is 16.1. The lowest BCUT2D eigenvalue weighted by molar-refractivity contribution is -0.143. The van der Waals surface area contributed by atoms with Crippen molar-refractivity contribution in [2.24, 2.45) is 0 Å². The van der Waals surface area contributed by atoms with Crippen LogP contribution < -0.4 is 9.64 Å². The maximum absolute atomic E-state index is 13.1. The van der Waals surface area contributed by atoms with Gasteiger partial charge in [0.2, 0.25) is 0 Å². The minimum Gasteiger partial charge on any atom is -0.480 e. The van der Waals surface area contributed by atoms with Gasteiger partial charge >= 0.3 is 5.97 Å². The van der Waals surface area contributed by atoms with Crippen molar-refractivity contribution in [1.29, 1.82) is 0 Å². The summed E-state index contributed by atoms with van der Waals surface area (Å²) in [5.74, 6) is -0.00685. The summed E-state index contributed by atoms with van der Waals surface area (Å²) in [4.78, 5) is 26.5. The molecule has 124 valence electrons. The van der Waals surface area contributed by atoms with Gasteiger partial charge in [-0.15, -0.1) is 0 Å². The molecule has 24 heavy (non-hydrogen) atoms. The Morgan fingerprint density at radius 3 is 2.46 bits per heavy atom. The van der Waals surface area contributed by atoms with Gasteiger partial charge in [0, 0.05) is 12.1 Å². The molecule has 1 aliphatic rings. The molecule has 0 saturated carbocycles. The second kappa shape index (κ2) is 6.74. The van der Waals surface area contributed by atoms with Crippen LogP contribution in [0.5, 0.6) is 5.75 Å². The van der Waals surface area contributed by atoms with Crippen LogP contribution in [0.3, 0.4) is 0 Å². The lowest BCUT2D eigenvalue weighted by atomic mass is 10.1. The largest absolute Gasteiger partial charge is 0.480 e. The maximum atomic E-state index is 13.1. The summed E-state index contributed by atoms with van der Waals surface area (Å²) >= 11 is 0. The van der Waals surface area contributed by atoms with E-state index in [1.807, 2.05) is 42.5 Å². The number of hydrogen-bond donors (Lipinski definition) is 0. The molecule has 2 atom stereocenters. The van der Waals surface area contributed by atoms with Crippen molar-refractivity contribution in [3.05, 3.63) is 60.2 Å². The minimum atomic E-state index is -0.739.